The minimum absolute atomic E-state index is 0.0251. The van der Waals surface area contributed by atoms with Gasteiger partial charge in [0.25, 0.3) is 5.91 Å². The summed E-state index contributed by atoms with van der Waals surface area (Å²) < 4.78 is 5.88. The minimum Gasteiger partial charge on any atom is -0.350 e. The molecule has 2 heterocycles. The van der Waals surface area contributed by atoms with Crippen LogP contribution in [0.1, 0.15) is 78.5 Å². The number of hydrogen-bond acceptors (Lipinski definition) is 4. The van der Waals surface area contributed by atoms with Crippen molar-refractivity contribution >= 4 is 34.6 Å². The fourth-order valence-corrected chi connectivity index (χ4v) is 8.64. The van der Waals surface area contributed by atoms with Crippen molar-refractivity contribution in [3.05, 3.63) is 99.9 Å². The van der Waals surface area contributed by atoms with Gasteiger partial charge in [-0.05, 0) is 120 Å². The van der Waals surface area contributed by atoms with Crippen LogP contribution in [0.4, 0.5) is 5.69 Å². The van der Waals surface area contributed by atoms with Crippen molar-refractivity contribution in [2.75, 3.05) is 11.7 Å². The second-order valence-corrected chi connectivity index (χ2v) is 13.8. The van der Waals surface area contributed by atoms with Gasteiger partial charge in [-0.3, -0.25) is 4.79 Å². The Morgan fingerprint density at radius 3 is 2.50 bits per heavy atom. The number of carbonyl (C=O) groups is 1. The van der Waals surface area contributed by atoms with Gasteiger partial charge in [0.05, 0.1) is 5.69 Å². The second-order valence-electron chi connectivity index (χ2n) is 12.7. The second kappa shape index (κ2) is 12.1. The number of ether oxygens (including phenoxy) is 1. The van der Waals surface area contributed by atoms with Gasteiger partial charge < -0.3 is 4.74 Å². The normalized spacial score (nSPS) is 19.5. The highest BCUT2D eigenvalue weighted by Crippen LogP contribution is 2.43. The third-order valence-electron chi connectivity index (χ3n) is 9.95. The molecule has 3 aromatic carbocycles. The summed E-state index contributed by atoms with van der Waals surface area (Å²) in [7, 11) is 0. The van der Waals surface area contributed by atoms with Crippen LogP contribution in [0.15, 0.2) is 72.8 Å². The molecule has 1 amide bonds. The van der Waals surface area contributed by atoms with Crippen LogP contribution < -0.4 is 5.06 Å². The number of anilines is 1. The molecule has 0 spiro atoms. The van der Waals surface area contributed by atoms with Crippen LogP contribution in [0.3, 0.4) is 0 Å². The van der Waals surface area contributed by atoms with E-state index in [1.54, 1.807) is 16.2 Å². The zero-order valence-electron chi connectivity index (χ0n) is 25.2. The third kappa shape index (κ3) is 5.36. The first-order valence-corrected chi connectivity index (χ1v) is 17.3. The summed E-state index contributed by atoms with van der Waals surface area (Å²) in [6.45, 7) is 0.685. The molecule has 4 nitrogen and oxygen atoms in total. The lowest BCUT2D eigenvalue weighted by Crippen LogP contribution is -2.40. The molecule has 5 heteroatoms. The highest BCUT2D eigenvalue weighted by molar-refractivity contribution is 7.16. The predicted molar refractivity (Wildman–Crippen MR) is 179 cm³/mol. The highest BCUT2D eigenvalue weighted by atomic mass is 32.1. The zero-order valence-corrected chi connectivity index (χ0v) is 26.0. The summed E-state index contributed by atoms with van der Waals surface area (Å²) in [5, 5.41) is 1.56. The van der Waals surface area contributed by atoms with E-state index in [0.29, 0.717) is 6.61 Å². The first-order chi connectivity index (χ1) is 21.7. The van der Waals surface area contributed by atoms with Crippen LogP contribution in [0.5, 0.6) is 0 Å². The third-order valence-corrected chi connectivity index (χ3v) is 11.2. The van der Waals surface area contributed by atoms with Gasteiger partial charge in [-0.25, -0.2) is 4.84 Å². The number of allylic oxidation sites excluding steroid dienone is 1. The van der Waals surface area contributed by atoms with E-state index in [4.69, 9.17) is 9.57 Å². The number of fused-ring (bicyclic) bond motifs is 5. The lowest BCUT2D eigenvalue weighted by atomic mass is 9.78. The molecular weight excluding hydrogens is 563 g/mol. The van der Waals surface area contributed by atoms with Gasteiger partial charge in [0, 0.05) is 28.7 Å². The van der Waals surface area contributed by atoms with Crippen molar-refractivity contribution in [2.45, 2.75) is 76.9 Å². The molecular formula is C39H39NO3S. The monoisotopic (exact) mass is 601 g/mol. The Labute approximate surface area is 264 Å². The highest BCUT2D eigenvalue weighted by Gasteiger charge is 2.32. The Bertz CT molecular complexity index is 1720. The van der Waals surface area contributed by atoms with Crippen molar-refractivity contribution in [1.29, 1.82) is 0 Å². The van der Waals surface area contributed by atoms with Gasteiger partial charge in [0.2, 0.25) is 0 Å². The van der Waals surface area contributed by atoms with E-state index in [1.807, 2.05) is 23.5 Å². The van der Waals surface area contributed by atoms with Crippen molar-refractivity contribution < 1.29 is 14.4 Å². The quantitative estimate of drug-likeness (QED) is 0.207. The largest absolute Gasteiger partial charge is 0.350 e. The van der Waals surface area contributed by atoms with Crippen molar-refractivity contribution in [3.63, 3.8) is 0 Å². The number of aryl methyl sites for hydroxylation is 1. The van der Waals surface area contributed by atoms with Crippen LogP contribution in [0.2, 0.25) is 0 Å². The maximum absolute atomic E-state index is 13.7. The summed E-state index contributed by atoms with van der Waals surface area (Å²) in [6, 6.07) is 26.4. The predicted octanol–water partition coefficient (Wildman–Crippen LogP) is 9.65. The Morgan fingerprint density at radius 1 is 0.773 bits per heavy atom. The van der Waals surface area contributed by atoms with Crippen molar-refractivity contribution in [3.8, 4) is 21.6 Å². The molecule has 4 aromatic rings. The van der Waals surface area contributed by atoms with Crippen molar-refractivity contribution in [2.24, 2.45) is 5.92 Å². The SMILES string of the molecule is O=C(C1CCCC1)N(OC1CCCCO1)c1cccc(-c2ccc(C3=Cc4ccc5c(c4CC3)CCc3ccccc3-5)s2)c1. The standard InChI is InChI=1S/C39H39NO3S/c41-39(27-9-1-2-10-27)40(43-38-14-5-6-23-42-38)31-12-7-11-29(25-31)36-21-22-37(44-36)30-17-18-33-28(24-30)16-20-34-32-13-4-3-8-26(32)15-19-35(33)34/h3-4,7-8,11-13,16,20-22,24-25,27,38H,1-2,5-6,9-10,14-15,17-19,23H2. The Hall–Kier alpha value is -3.51. The first-order valence-electron chi connectivity index (χ1n) is 16.5. The van der Waals surface area contributed by atoms with Gasteiger partial charge in [0.15, 0.2) is 6.29 Å². The van der Waals surface area contributed by atoms with E-state index < -0.39 is 0 Å². The van der Waals surface area contributed by atoms with E-state index in [2.05, 4.69) is 66.7 Å². The van der Waals surface area contributed by atoms with Crippen LogP contribution in [0.25, 0.3) is 33.2 Å². The molecule has 44 heavy (non-hydrogen) atoms. The summed E-state index contributed by atoms with van der Waals surface area (Å²) >= 11 is 1.84. The van der Waals surface area contributed by atoms with E-state index in [1.165, 1.54) is 37.6 Å². The number of hydrogen-bond donors (Lipinski definition) is 0. The Kier molecular flexibility index (Phi) is 7.71. The van der Waals surface area contributed by atoms with E-state index in [-0.39, 0.29) is 18.1 Å². The van der Waals surface area contributed by atoms with Crippen LogP contribution in [-0.2, 0) is 33.6 Å². The molecule has 224 valence electrons. The number of amides is 1. The molecule has 4 aliphatic rings. The fraction of sp³-hybridized carbons (Fsp3) is 0.359. The zero-order chi connectivity index (χ0) is 29.5. The molecule has 8 rings (SSSR count). The van der Waals surface area contributed by atoms with Crippen LogP contribution in [-0.4, -0.2) is 18.8 Å². The number of nitrogens with zero attached hydrogens (tertiary/aromatic N) is 1. The van der Waals surface area contributed by atoms with Crippen LogP contribution >= 0.6 is 11.3 Å². The molecule has 1 aromatic heterocycles. The summed E-state index contributed by atoms with van der Waals surface area (Å²) in [5.41, 5.74) is 12.1. The number of thiophene rings is 1. The van der Waals surface area contributed by atoms with E-state index in [9.17, 15) is 4.79 Å². The molecule has 1 saturated carbocycles. The molecule has 1 unspecified atom stereocenters. The smallest absolute Gasteiger partial charge is 0.254 e. The molecule has 0 radical (unpaired) electrons. The lowest BCUT2D eigenvalue weighted by Gasteiger charge is -2.31. The van der Waals surface area contributed by atoms with Gasteiger partial charge in [-0.15, -0.1) is 11.3 Å². The number of carbonyl (C=O) groups excluding carboxylic acids is 1. The average Bonchev–Trinajstić information content (AvgIpc) is 3.81. The molecule has 1 aliphatic heterocycles. The lowest BCUT2D eigenvalue weighted by molar-refractivity contribution is -0.179. The Balaban J connectivity index is 1.06. The van der Waals surface area contributed by atoms with Crippen LogP contribution in [0, 0.1) is 5.92 Å². The first kappa shape index (κ1) is 28.0. The summed E-state index contributed by atoms with van der Waals surface area (Å²) in [6.07, 6.45) is 13.5. The molecule has 0 bridgehead atoms. The summed E-state index contributed by atoms with van der Waals surface area (Å²) in [5.74, 6) is 0.0921. The van der Waals surface area contributed by atoms with Gasteiger partial charge in [0.1, 0.15) is 0 Å². The Morgan fingerprint density at radius 2 is 1.61 bits per heavy atom. The summed E-state index contributed by atoms with van der Waals surface area (Å²) in [4.78, 5) is 22.5. The molecule has 1 saturated heterocycles. The topological polar surface area (TPSA) is 38.8 Å². The van der Waals surface area contributed by atoms with Crippen molar-refractivity contribution in [1.82, 2.24) is 0 Å². The molecule has 2 fully saturated rings. The van der Waals surface area contributed by atoms with Gasteiger partial charge >= 0.3 is 0 Å². The average molecular weight is 602 g/mol. The maximum atomic E-state index is 13.7. The number of hydroxylamine groups is 1. The van der Waals surface area contributed by atoms with Gasteiger partial charge in [-0.2, -0.15) is 5.06 Å². The molecule has 3 aliphatic carbocycles. The molecule has 1 atom stereocenters. The minimum atomic E-state index is -0.368. The fourth-order valence-electron chi connectivity index (χ4n) is 7.60. The molecule has 0 N–H and O–H groups in total. The number of rotatable bonds is 6. The van der Waals surface area contributed by atoms with E-state index in [0.717, 1.165) is 81.9 Å². The maximum Gasteiger partial charge on any atom is 0.254 e. The van der Waals surface area contributed by atoms with E-state index >= 15 is 0 Å². The van der Waals surface area contributed by atoms with Gasteiger partial charge in [-0.1, -0.05) is 67.4 Å². The number of benzene rings is 3.